The summed E-state index contributed by atoms with van der Waals surface area (Å²) in [7, 11) is 1.68. The summed E-state index contributed by atoms with van der Waals surface area (Å²) in [5.74, 6) is 1.21. The van der Waals surface area contributed by atoms with Crippen molar-refractivity contribution < 1.29 is 4.79 Å². The van der Waals surface area contributed by atoms with Crippen molar-refractivity contribution in [1.82, 2.24) is 15.3 Å². The highest BCUT2D eigenvalue weighted by Gasteiger charge is 1.99. The topological polar surface area (TPSA) is 57.8 Å². The third kappa shape index (κ3) is 4.96. The van der Waals surface area contributed by atoms with Crippen molar-refractivity contribution in [1.29, 1.82) is 0 Å². The molecule has 1 aromatic heterocycles. The molecule has 0 saturated heterocycles. The molecule has 0 spiro atoms. The Bertz CT molecular complexity index is 320. The molecule has 0 aliphatic rings. The van der Waals surface area contributed by atoms with Crippen LogP contribution >= 0.6 is 0 Å². The van der Waals surface area contributed by atoms with E-state index in [9.17, 15) is 4.79 Å². The van der Waals surface area contributed by atoms with E-state index in [2.05, 4.69) is 15.3 Å². The molecule has 0 bridgehead atoms. The van der Waals surface area contributed by atoms with Crippen molar-refractivity contribution in [3.63, 3.8) is 0 Å². The zero-order chi connectivity index (χ0) is 11.8. The minimum Gasteiger partial charge on any atom is -0.359 e. The Morgan fingerprint density at radius 1 is 1.38 bits per heavy atom. The first-order valence-corrected chi connectivity index (χ1v) is 5.93. The number of aromatic nitrogens is 2. The number of nitrogens with zero attached hydrogens (tertiary/aromatic N) is 1. The zero-order valence-electron chi connectivity index (χ0n) is 10.2. The summed E-state index contributed by atoms with van der Waals surface area (Å²) in [5, 5.41) is 2.63. The van der Waals surface area contributed by atoms with Gasteiger partial charge in [-0.05, 0) is 19.8 Å². The van der Waals surface area contributed by atoms with E-state index in [0.717, 1.165) is 43.6 Å². The molecular weight excluding hydrogens is 202 g/mol. The summed E-state index contributed by atoms with van der Waals surface area (Å²) >= 11 is 0. The van der Waals surface area contributed by atoms with E-state index in [-0.39, 0.29) is 5.91 Å². The van der Waals surface area contributed by atoms with E-state index >= 15 is 0 Å². The van der Waals surface area contributed by atoms with Crippen LogP contribution in [0.5, 0.6) is 0 Å². The number of hydrogen-bond acceptors (Lipinski definition) is 2. The summed E-state index contributed by atoms with van der Waals surface area (Å²) in [5.41, 5.74) is 1.12. The van der Waals surface area contributed by atoms with Crippen molar-refractivity contribution in [3.8, 4) is 0 Å². The molecule has 2 N–H and O–H groups in total. The summed E-state index contributed by atoms with van der Waals surface area (Å²) in [6.45, 7) is 2.01. The third-order valence-electron chi connectivity index (χ3n) is 2.60. The Hall–Kier alpha value is -1.32. The lowest BCUT2D eigenvalue weighted by molar-refractivity contribution is -0.120. The number of carbonyl (C=O) groups is 1. The molecule has 0 saturated carbocycles. The number of H-pyrrole nitrogens is 1. The quantitative estimate of drug-likeness (QED) is 0.694. The summed E-state index contributed by atoms with van der Waals surface area (Å²) < 4.78 is 0. The molecule has 1 heterocycles. The predicted molar refractivity (Wildman–Crippen MR) is 64.2 cm³/mol. The number of nitrogens with one attached hydrogen (secondary N) is 2. The van der Waals surface area contributed by atoms with Gasteiger partial charge in [0.15, 0.2) is 0 Å². The van der Waals surface area contributed by atoms with E-state index in [1.54, 1.807) is 7.05 Å². The molecule has 4 nitrogen and oxygen atoms in total. The molecule has 1 aromatic rings. The van der Waals surface area contributed by atoms with Gasteiger partial charge in [0.05, 0.1) is 0 Å². The van der Waals surface area contributed by atoms with Crippen LogP contribution in [0.1, 0.15) is 43.6 Å². The lowest BCUT2D eigenvalue weighted by Crippen LogP contribution is -2.16. The van der Waals surface area contributed by atoms with Gasteiger partial charge in [0.25, 0.3) is 0 Å². The fourth-order valence-corrected chi connectivity index (χ4v) is 1.65. The number of hydrogen-bond donors (Lipinski definition) is 2. The van der Waals surface area contributed by atoms with Gasteiger partial charge < -0.3 is 10.3 Å². The van der Waals surface area contributed by atoms with Crippen molar-refractivity contribution >= 4 is 5.91 Å². The fraction of sp³-hybridized carbons (Fsp3) is 0.667. The molecule has 0 aliphatic heterocycles. The molecule has 0 aromatic carbocycles. The van der Waals surface area contributed by atoms with Crippen molar-refractivity contribution in [2.24, 2.45) is 0 Å². The Balaban J connectivity index is 1.98. The van der Waals surface area contributed by atoms with Gasteiger partial charge in [0.2, 0.25) is 5.91 Å². The number of rotatable bonds is 7. The SMILES string of the molecule is CNC(=O)CCCCCCc1ncc(C)[nH]1. The molecular formula is C12H21N3O. The van der Waals surface area contributed by atoms with Crippen molar-refractivity contribution in [2.75, 3.05) is 7.05 Å². The number of aryl methyl sites for hydroxylation is 2. The van der Waals surface area contributed by atoms with Crippen LogP contribution in [0, 0.1) is 6.92 Å². The second-order valence-corrected chi connectivity index (χ2v) is 4.10. The summed E-state index contributed by atoms with van der Waals surface area (Å²) in [6.07, 6.45) is 7.92. The van der Waals surface area contributed by atoms with E-state index in [1.807, 2.05) is 13.1 Å². The van der Waals surface area contributed by atoms with Crippen LogP contribution in [0.3, 0.4) is 0 Å². The minimum absolute atomic E-state index is 0.140. The van der Waals surface area contributed by atoms with Crippen LogP contribution in [0.2, 0.25) is 0 Å². The lowest BCUT2D eigenvalue weighted by Gasteiger charge is -2.00. The number of carbonyl (C=O) groups excluding carboxylic acids is 1. The van der Waals surface area contributed by atoms with Gasteiger partial charge in [-0.25, -0.2) is 4.98 Å². The largest absolute Gasteiger partial charge is 0.359 e. The zero-order valence-corrected chi connectivity index (χ0v) is 10.2. The summed E-state index contributed by atoms with van der Waals surface area (Å²) in [6, 6.07) is 0. The molecule has 0 aliphatic carbocycles. The van der Waals surface area contributed by atoms with Gasteiger partial charge in [-0.15, -0.1) is 0 Å². The highest BCUT2D eigenvalue weighted by molar-refractivity contribution is 5.75. The van der Waals surface area contributed by atoms with Gasteiger partial charge in [-0.2, -0.15) is 0 Å². The smallest absolute Gasteiger partial charge is 0.219 e. The van der Waals surface area contributed by atoms with Gasteiger partial charge >= 0.3 is 0 Å². The van der Waals surface area contributed by atoms with Crippen LogP contribution in [0.15, 0.2) is 6.20 Å². The monoisotopic (exact) mass is 223 g/mol. The second-order valence-electron chi connectivity index (χ2n) is 4.10. The Morgan fingerprint density at radius 3 is 2.75 bits per heavy atom. The maximum Gasteiger partial charge on any atom is 0.219 e. The number of amides is 1. The minimum atomic E-state index is 0.140. The maximum absolute atomic E-state index is 10.9. The summed E-state index contributed by atoms with van der Waals surface area (Å²) in [4.78, 5) is 18.4. The van der Waals surface area contributed by atoms with Crippen LogP contribution in [0.4, 0.5) is 0 Å². The molecule has 0 unspecified atom stereocenters. The highest BCUT2D eigenvalue weighted by Crippen LogP contribution is 2.06. The molecule has 1 rings (SSSR count). The average molecular weight is 223 g/mol. The molecule has 90 valence electrons. The van der Waals surface area contributed by atoms with Crippen LogP contribution in [-0.4, -0.2) is 22.9 Å². The maximum atomic E-state index is 10.9. The first kappa shape index (κ1) is 12.7. The first-order chi connectivity index (χ1) is 7.72. The number of imidazole rings is 1. The van der Waals surface area contributed by atoms with Crippen LogP contribution in [-0.2, 0) is 11.2 Å². The molecule has 16 heavy (non-hydrogen) atoms. The average Bonchev–Trinajstić information content (AvgIpc) is 2.69. The third-order valence-corrected chi connectivity index (χ3v) is 2.60. The molecule has 0 atom stereocenters. The second kappa shape index (κ2) is 7.04. The number of aromatic amines is 1. The van der Waals surface area contributed by atoms with Crippen LogP contribution in [0.25, 0.3) is 0 Å². The van der Waals surface area contributed by atoms with Gasteiger partial charge in [0, 0.05) is 31.8 Å². The Kier molecular flexibility index (Phi) is 5.61. The molecule has 4 heteroatoms. The molecule has 0 fully saturated rings. The fourth-order valence-electron chi connectivity index (χ4n) is 1.65. The molecule has 1 amide bonds. The highest BCUT2D eigenvalue weighted by atomic mass is 16.1. The Labute approximate surface area is 96.9 Å². The lowest BCUT2D eigenvalue weighted by atomic mass is 10.1. The van der Waals surface area contributed by atoms with E-state index in [0.29, 0.717) is 6.42 Å². The first-order valence-electron chi connectivity index (χ1n) is 5.93. The Morgan fingerprint density at radius 2 is 2.12 bits per heavy atom. The molecule has 0 radical (unpaired) electrons. The van der Waals surface area contributed by atoms with Gasteiger partial charge in [0.1, 0.15) is 5.82 Å². The van der Waals surface area contributed by atoms with E-state index < -0.39 is 0 Å². The standard InChI is InChI=1S/C12H21N3O/c1-10-9-14-11(15-10)7-5-3-4-6-8-12(16)13-2/h9H,3-8H2,1-2H3,(H,13,16)(H,14,15). The van der Waals surface area contributed by atoms with Gasteiger partial charge in [-0.1, -0.05) is 12.8 Å². The number of unbranched alkanes of at least 4 members (excludes halogenated alkanes) is 3. The predicted octanol–water partition coefficient (Wildman–Crippen LogP) is 1.96. The van der Waals surface area contributed by atoms with Crippen LogP contribution < -0.4 is 5.32 Å². The normalized spacial score (nSPS) is 10.4. The van der Waals surface area contributed by atoms with E-state index in [1.165, 1.54) is 0 Å². The van der Waals surface area contributed by atoms with Gasteiger partial charge in [-0.3, -0.25) is 4.79 Å². The van der Waals surface area contributed by atoms with E-state index in [4.69, 9.17) is 0 Å². The van der Waals surface area contributed by atoms with Crippen molar-refractivity contribution in [2.45, 2.75) is 45.4 Å². The van der Waals surface area contributed by atoms with Crippen molar-refractivity contribution in [3.05, 3.63) is 17.7 Å².